The first kappa shape index (κ1) is 10.0. The van der Waals surface area contributed by atoms with Crippen molar-refractivity contribution in [3.63, 3.8) is 0 Å². The molecule has 0 aliphatic heterocycles. The Bertz CT molecular complexity index is 267. The van der Waals surface area contributed by atoms with Crippen molar-refractivity contribution in [3.8, 4) is 0 Å². The van der Waals surface area contributed by atoms with E-state index in [4.69, 9.17) is 15.4 Å². The molecular weight excluding hydrogens is 158 g/mol. The van der Waals surface area contributed by atoms with E-state index in [1.807, 2.05) is 18.2 Å². The van der Waals surface area contributed by atoms with Gasteiger partial charge in [0, 0.05) is 10.6 Å². The normalized spacial score (nSPS) is 7.00. The van der Waals surface area contributed by atoms with Gasteiger partial charge >= 0.3 is 0 Å². The predicted molar refractivity (Wildman–Crippen MR) is 43.9 cm³/mol. The first-order valence-corrected chi connectivity index (χ1v) is 3.03. The van der Waals surface area contributed by atoms with E-state index in [9.17, 15) is 0 Å². The van der Waals surface area contributed by atoms with Gasteiger partial charge in [-0.25, -0.2) is 0 Å². The molecule has 1 aromatic rings. The molecule has 0 bridgehead atoms. The van der Waals surface area contributed by atoms with Gasteiger partial charge in [0.2, 0.25) is 0 Å². The molecule has 0 aromatic heterocycles. The highest BCUT2D eigenvalue weighted by atomic mass is 16.3. The third-order valence-corrected chi connectivity index (χ3v) is 0.916. The minimum atomic E-state index is -0.250. The van der Waals surface area contributed by atoms with Gasteiger partial charge in [0.05, 0.1) is 0 Å². The Morgan fingerprint density at radius 1 is 1.42 bits per heavy atom. The van der Waals surface area contributed by atoms with Crippen LogP contribution in [0.2, 0.25) is 0 Å². The average Bonchev–Trinajstić information content (AvgIpc) is 2.08. The molecule has 1 aromatic carbocycles. The Morgan fingerprint density at radius 3 is 2.33 bits per heavy atom. The van der Waals surface area contributed by atoms with E-state index in [2.05, 4.69) is 10.0 Å². The van der Waals surface area contributed by atoms with Crippen LogP contribution in [-0.2, 0) is 4.79 Å². The van der Waals surface area contributed by atoms with Crippen LogP contribution in [-0.4, -0.2) is 11.6 Å². The van der Waals surface area contributed by atoms with Crippen molar-refractivity contribution in [2.24, 2.45) is 5.11 Å². The van der Waals surface area contributed by atoms with E-state index >= 15 is 0 Å². The molecule has 0 aliphatic carbocycles. The Morgan fingerprint density at radius 2 is 1.92 bits per heavy atom. The molecule has 0 fully saturated rings. The number of hydrogen-bond donors (Lipinski definition) is 1. The summed E-state index contributed by atoms with van der Waals surface area (Å²) in [5.74, 6) is 0. The quantitative estimate of drug-likeness (QED) is 0.299. The zero-order valence-electron chi connectivity index (χ0n) is 6.16. The van der Waals surface area contributed by atoms with Crippen molar-refractivity contribution in [2.75, 3.05) is 0 Å². The molecule has 5 nitrogen and oxygen atoms in total. The van der Waals surface area contributed by atoms with E-state index in [0.29, 0.717) is 5.69 Å². The number of benzene rings is 1. The maximum Gasteiger partial charge on any atom is 0.290 e. The number of nitrogens with zero attached hydrogens (tertiary/aromatic N) is 3. The lowest BCUT2D eigenvalue weighted by Crippen LogP contribution is -1.56. The van der Waals surface area contributed by atoms with Crippen LogP contribution in [0.3, 0.4) is 0 Å². The van der Waals surface area contributed by atoms with Crippen LogP contribution >= 0.6 is 0 Å². The fourth-order valence-corrected chi connectivity index (χ4v) is 0.546. The monoisotopic (exact) mass is 165 g/mol. The van der Waals surface area contributed by atoms with E-state index in [0.717, 1.165) is 0 Å². The zero-order chi connectivity index (χ0) is 9.23. The van der Waals surface area contributed by atoms with Gasteiger partial charge in [0.1, 0.15) is 0 Å². The van der Waals surface area contributed by atoms with Crippen LogP contribution in [0, 0.1) is 0 Å². The molecule has 5 heteroatoms. The van der Waals surface area contributed by atoms with E-state index in [1.165, 1.54) is 0 Å². The van der Waals surface area contributed by atoms with Crippen molar-refractivity contribution >= 4 is 12.2 Å². The van der Waals surface area contributed by atoms with Gasteiger partial charge in [-0.3, -0.25) is 4.79 Å². The molecule has 0 spiro atoms. The molecule has 62 valence electrons. The summed E-state index contributed by atoms with van der Waals surface area (Å²) in [7, 11) is 0. The molecule has 0 saturated heterocycles. The van der Waals surface area contributed by atoms with E-state index in [1.54, 1.807) is 12.1 Å². The largest absolute Gasteiger partial charge is 0.483 e. The highest BCUT2D eigenvalue weighted by Crippen LogP contribution is 2.08. The van der Waals surface area contributed by atoms with Gasteiger partial charge in [0.15, 0.2) is 0 Å². The van der Waals surface area contributed by atoms with Crippen LogP contribution in [0.25, 0.3) is 10.4 Å². The fraction of sp³-hybridized carbons (Fsp3) is 0. The van der Waals surface area contributed by atoms with Gasteiger partial charge in [-0.05, 0) is 5.53 Å². The molecule has 0 saturated carbocycles. The van der Waals surface area contributed by atoms with E-state index in [-0.39, 0.29) is 6.47 Å². The van der Waals surface area contributed by atoms with Crippen molar-refractivity contribution in [3.05, 3.63) is 40.8 Å². The molecule has 0 radical (unpaired) electrons. The lowest BCUT2D eigenvalue weighted by Gasteiger charge is -1.83. The molecule has 1 N–H and O–H groups in total. The minimum absolute atomic E-state index is 0.250. The van der Waals surface area contributed by atoms with Gasteiger partial charge < -0.3 is 5.11 Å². The van der Waals surface area contributed by atoms with Crippen molar-refractivity contribution in [1.82, 2.24) is 0 Å². The summed E-state index contributed by atoms with van der Waals surface area (Å²) in [6.07, 6.45) is 0. The molecule has 1 rings (SSSR count). The van der Waals surface area contributed by atoms with Crippen molar-refractivity contribution in [2.45, 2.75) is 0 Å². The maximum absolute atomic E-state index is 8.36. The summed E-state index contributed by atoms with van der Waals surface area (Å²) >= 11 is 0. The van der Waals surface area contributed by atoms with Crippen LogP contribution in [0.5, 0.6) is 0 Å². The lowest BCUT2D eigenvalue weighted by atomic mass is 10.3. The minimum Gasteiger partial charge on any atom is -0.483 e. The molecule has 12 heavy (non-hydrogen) atoms. The van der Waals surface area contributed by atoms with Gasteiger partial charge in [-0.2, -0.15) is 0 Å². The second-order valence-corrected chi connectivity index (χ2v) is 1.63. The molecule has 0 heterocycles. The van der Waals surface area contributed by atoms with Crippen LogP contribution in [0.4, 0.5) is 5.69 Å². The maximum atomic E-state index is 8.36. The van der Waals surface area contributed by atoms with Crippen molar-refractivity contribution in [1.29, 1.82) is 0 Å². The summed E-state index contributed by atoms with van der Waals surface area (Å²) in [6, 6.07) is 9.02. The third kappa shape index (κ3) is 4.84. The Hall–Kier alpha value is -2.00. The highest BCUT2D eigenvalue weighted by Gasteiger charge is 1.78. The number of rotatable bonds is 1. The summed E-state index contributed by atoms with van der Waals surface area (Å²) in [4.78, 5) is 11.0. The SMILES string of the molecule is O=CO.[N-]=[N+]=Nc1ccccc1. The molecular formula is C7H7N3O2. The number of azide groups is 1. The second kappa shape index (κ2) is 7.11. The molecule has 0 atom stereocenters. The summed E-state index contributed by atoms with van der Waals surface area (Å²) in [6.45, 7) is -0.250. The summed E-state index contributed by atoms with van der Waals surface area (Å²) in [5, 5.41) is 10.3. The number of carbonyl (C=O) groups is 1. The van der Waals surface area contributed by atoms with Crippen molar-refractivity contribution < 1.29 is 9.90 Å². The van der Waals surface area contributed by atoms with Gasteiger partial charge in [-0.15, -0.1) is 0 Å². The Kier molecular flexibility index (Phi) is 5.93. The highest BCUT2D eigenvalue weighted by molar-refractivity contribution is 5.35. The number of hydrogen-bond acceptors (Lipinski definition) is 2. The van der Waals surface area contributed by atoms with Crippen LogP contribution in [0.1, 0.15) is 0 Å². The average molecular weight is 165 g/mol. The first-order chi connectivity index (χ1) is 5.85. The van der Waals surface area contributed by atoms with Gasteiger partial charge in [-0.1, -0.05) is 35.4 Å². The topological polar surface area (TPSA) is 86.1 Å². The first-order valence-electron chi connectivity index (χ1n) is 3.03. The fourth-order valence-electron chi connectivity index (χ4n) is 0.546. The molecule has 0 unspecified atom stereocenters. The molecule has 0 aliphatic rings. The Labute approximate surface area is 68.9 Å². The summed E-state index contributed by atoms with van der Waals surface area (Å²) in [5.41, 5.74) is 8.63. The van der Waals surface area contributed by atoms with Crippen LogP contribution in [0.15, 0.2) is 35.4 Å². The zero-order valence-corrected chi connectivity index (χ0v) is 6.16. The molecule has 0 amide bonds. The lowest BCUT2D eigenvalue weighted by molar-refractivity contribution is -0.122. The second-order valence-electron chi connectivity index (χ2n) is 1.63. The third-order valence-electron chi connectivity index (χ3n) is 0.916. The van der Waals surface area contributed by atoms with Gasteiger partial charge in [0.25, 0.3) is 6.47 Å². The number of carboxylic acid groups (broad SMARTS) is 1. The van der Waals surface area contributed by atoms with E-state index < -0.39 is 0 Å². The smallest absolute Gasteiger partial charge is 0.290 e. The van der Waals surface area contributed by atoms with Crippen LogP contribution < -0.4 is 0 Å². The Balaban J connectivity index is 0.000000354. The summed E-state index contributed by atoms with van der Waals surface area (Å²) < 4.78 is 0. The standard InChI is InChI=1S/C6H5N3.CH2O2/c7-9-8-6-4-2-1-3-5-6;2-1-3/h1-5H;1H,(H,2,3). The predicted octanol–water partition coefficient (Wildman–Crippen LogP) is 2.33.